The minimum Gasteiger partial charge on any atom is -0.341 e. The van der Waals surface area contributed by atoms with Crippen molar-refractivity contribution >= 4 is 11.7 Å². The van der Waals surface area contributed by atoms with Crippen molar-refractivity contribution in [3.63, 3.8) is 0 Å². The Morgan fingerprint density at radius 1 is 1.13 bits per heavy atom. The molecule has 8 nitrogen and oxygen atoms in total. The Morgan fingerprint density at radius 3 is 2.74 bits per heavy atom. The van der Waals surface area contributed by atoms with Crippen molar-refractivity contribution in [2.24, 2.45) is 0 Å². The van der Waals surface area contributed by atoms with Crippen molar-refractivity contribution in [3.05, 3.63) is 23.8 Å². The number of aromatic nitrogens is 7. The Labute approximate surface area is 133 Å². The second-order valence-electron chi connectivity index (χ2n) is 5.66. The van der Waals surface area contributed by atoms with Gasteiger partial charge in [0.25, 0.3) is 5.78 Å². The summed E-state index contributed by atoms with van der Waals surface area (Å²) in [6, 6.07) is 1.86. The molecule has 4 heterocycles. The predicted molar refractivity (Wildman–Crippen MR) is 85.2 cm³/mol. The van der Waals surface area contributed by atoms with E-state index in [-0.39, 0.29) is 0 Å². The third-order valence-electron chi connectivity index (χ3n) is 4.12. The quantitative estimate of drug-likeness (QED) is 0.723. The Balaban J connectivity index is 1.79. The lowest BCUT2D eigenvalue weighted by Crippen LogP contribution is -2.20. The smallest absolute Gasteiger partial charge is 0.272 e. The third-order valence-corrected chi connectivity index (χ3v) is 4.12. The van der Waals surface area contributed by atoms with E-state index in [0.717, 1.165) is 42.7 Å². The molecule has 118 valence electrons. The first kappa shape index (κ1) is 14.0. The van der Waals surface area contributed by atoms with Gasteiger partial charge in [-0.25, -0.2) is 9.97 Å². The van der Waals surface area contributed by atoms with Gasteiger partial charge in [-0.15, -0.1) is 15.3 Å². The first-order valence-corrected chi connectivity index (χ1v) is 7.93. The first-order valence-electron chi connectivity index (χ1n) is 7.93. The van der Waals surface area contributed by atoms with Crippen LogP contribution in [0.1, 0.15) is 31.3 Å². The Hall–Kier alpha value is -2.64. The summed E-state index contributed by atoms with van der Waals surface area (Å²) in [4.78, 5) is 15.6. The molecule has 0 aromatic carbocycles. The molecule has 1 aliphatic heterocycles. The maximum Gasteiger partial charge on any atom is 0.272 e. The Bertz CT molecular complexity index is 850. The molecule has 8 heteroatoms. The number of anilines is 1. The number of fused-ring (bicyclic) bond motifs is 1. The van der Waals surface area contributed by atoms with Crippen molar-refractivity contribution < 1.29 is 0 Å². The fourth-order valence-corrected chi connectivity index (χ4v) is 2.84. The standard InChI is InChI=1S/C15H18N8/c1-3-12-18-15-20-19-13(10(2)23(15)21-12)11-6-7-16-14(17-11)22-8-4-5-9-22/h6-7H,3-5,8-9H2,1-2H3. The van der Waals surface area contributed by atoms with Crippen LogP contribution in [0.5, 0.6) is 0 Å². The second-order valence-corrected chi connectivity index (χ2v) is 5.66. The van der Waals surface area contributed by atoms with E-state index in [1.165, 1.54) is 12.8 Å². The molecule has 3 aromatic heterocycles. The molecule has 0 N–H and O–H groups in total. The normalized spacial score (nSPS) is 14.8. The zero-order valence-electron chi connectivity index (χ0n) is 13.3. The summed E-state index contributed by atoms with van der Waals surface area (Å²) < 4.78 is 1.73. The fraction of sp³-hybridized carbons (Fsp3) is 0.467. The van der Waals surface area contributed by atoms with E-state index >= 15 is 0 Å². The highest BCUT2D eigenvalue weighted by molar-refractivity contribution is 5.58. The van der Waals surface area contributed by atoms with E-state index in [4.69, 9.17) is 0 Å². The molecule has 0 radical (unpaired) electrons. The maximum absolute atomic E-state index is 4.67. The van der Waals surface area contributed by atoms with Crippen LogP contribution < -0.4 is 4.90 Å². The zero-order chi connectivity index (χ0) is 15.8. The summed E-state index contributed by atoms with van der Waals surface area (Å²) in [7, 11) is 0. The molecule has 0 saturated carbocycles. The Morgan fingerprint density at radius 2 is 1.96 bits per heavy atom. The van der Waals surface area contributed by atoms with E-state index < -0.39 is 0 Å². The lowest BCUT2D eigenvalue weighted by Gasteiger charge is -2.15. The summed E-state index contributed by atoms with van der Waals surface area (Å²) >= 11 is 0. The van der Waals surface area contributed by atoms with Crippen molar-refractivity contribution in [2.75, 3.05) is 18.0 Å². The van der Waals surface area contributed by atoms with Crippen LogP contribution in [0.2, 0.25) is 0 Å². The SMILES string of the molecule is CCc1nc2nnc(-c3ccnc(N4CCCC4)n3)c(C)n2n1. The Kier molecular flexibility index (Phi) is 3.36. The third kappa shape index (κ3) is 2.39. The highest BCUT2D eigenvalue weighted by Gasteiger charge is 2.18. The van der Waals surface area contributed by atoms with E-state index in [1.807, 2.05) is 19.9 Å². The second kappa shape index (κ2) is 5.53. The van der Waals surface area contributed by atoms with Gasteiger partial charge in [0.2, 0.25) is 5.95 Å². The minimum absolute atomic E-state index is 0.525. The predicted octanol–water partition coefficient (Wildman–Crippen LogP) is 1.45. The first-order chi connectivity index (χ1) is 11.3. The average molecular weight is 310 g/mol. The van der Waals surface area contributed by atoms with Crippen LogP contribution in [0.15, 0.2) is 12.3 Å². The molecule has 4 rings (SSSR count). The van der Waals surface area contributed by atoms with Crippen molar-refractivity contribution in [1.29, 1.82) is 0 Å². The van der Waals surface area contributed by atoms with Crippen molar-refractivity contribution in [2.45, 2.75) is 33.1 Å². The van der Waals surface area contributed by atoms with Gasteiger partial charge in [-0.2, -0.15) is 9.50 Å². The summed E-state index contributed by atoms with van der Waals surface area (Å²) in [5.41, 5.74) is 2.36. The number of hydrogen-bond donors (Lipinski definition) is 0. The van der Waals surface area contributed by atoms with E-state index in [1.54, 1.807) is 10.7 Å². The fourth-order valence-electron chi connectivity index (χ4n) is 2.84. The molecule has 0 unspecified atom stereocenters. The van der Waals surface area contributed by atoms with Gasteiger partial charge in [-0.1, -0.05) is 6.92 Å². The van der Waals surface area contributed by atoms with Crippen molar-refractivity contribution in [1.82, 2.24) is 34.8 Å². The molecule has 0 atom stereocenters. The maximum atomic E-state index is 4.67. The molecule has 0 spiro atoms. The topological polar surface area (TPSA) is 85.0 Å². The van der Waals surface area contributed by atoms with Gasteiger partial charge in [-0.05, 0) is 25.8 Å². The summed E-state index contributed by atoms with van der Waals surface area (Å²) in [5, 5.41) is 13.0. The lowest BCUT2D eigenvalue weighted by molar-refractivity contribution is 0.826. The molecule has 0 amide bonds. The van der Waals surface area contributed by atoms with Crippen LogP contribution in [0.3, 0.4) is 0 Å². The summed E-state index contributed by atoms with van der Waals surface area (Å²) in [6.07, 6.45) is 4.93. The summed E-state index contributed by atoms with van der Waals surface area (Å²) in [6.45, 7) is 6.00. The van der Waals surface area contributed by atoms with Crippen LogP contribution in [-0.4, -0.2) is 47.9 Å². The number of rotatable bonds is 3. The largest absolute Gasteiger partial charge is 0.341 e. The van der Waals surface area contributed by atoms with Gasteiger partial charge in [-0.3, -0.25) is 0 Å². The number of aryl methyl sites for hydroxylation is 2. The zero-order valence-corrected chi connectivity index (χ0v) is 13.3. The van der Waals surface area contributed by atoms with E-state index in [2.05, 4.69) is 35.1 Å². The van der Waals surface area contributed by atoms with Crippen LogP contribution in [0, 0.1) is 6.92 Å². The van der Waals surface area contributed by atoms with Crippen LogP contribution >= 0.6 is 0 Å². The minimum atomic E-state index is 0.525. The van der Waals surface area contributed by atoms with Gasteiger partial charge in [0.1, 0.15) is 5.69 Å². The van der Waals surface area contributed by atoms with Crippen LogP contribution in [-0.2, 0) is 6.42 Å². The number of hydrogen-bond acceptors (Lipinski definition) is 7. The van der Waals surface area contributed by atoms with Gasteiger partial charge in [0.15, 0.2) is 5.82 Å². The molecule has 1 aliphatic rings. The molecular weight excluding hydrogens is 292 g/mol. The molecule has 1 fully saturated rings. The van der Waals surface area contributed by atoms with Gasteiger partial charge in [0, 0.05) is 25.7 Å². The molecule has 3 aromatic rings. The van der Waals surface area contributed by atoms with E-state index in [0.29, 0.717) is 11.5 Å². The highest BCUT2D eigenvalue weighted by Crippen LogP contribution is 2.22. The summed E-state index contributed by atoms with van der Waals surface area (Å²) in [5.74, 6) is 2.05. The molecule has 0 bridgehead atoms. The molecular formula is C15H18N8. The van der Waals surface area contributed by atoms with Gasteiger partial charge < -0.3 is 4.90 Å². The molecule has 23 heavy (non-hydrogen) atoms. The van der Waals surface area contributed by atoms with Gasteiger partial charge in [0.05, 0.1) is 11.4 Å². The monoisotopic (exact) mass is 310 g/mol. The average Bonchev–Trinajstić information content (AvgIpc) is 3.25. The van der Waals surface area contributed by atoms with Crippen molar-refractivity contribution in [3.8, 4) is 11.4 Å². The molecule has 1 saturated heterocycles. The lowest BCUT2D eigenvalue weighted by atomic mass is 10.2. The van der Waals surface area contributed by atoms with Gasteiger partial charge >= 0.3 is 0 Å². The van der Waals surface area contributed by atoms with Crippen LogP contribution in [0.4, 0.5) is 5.95 Å². The highest BCUT2D eigenvalue weighted by atomic mass is 15.4. The molecule has 0 aliphatic carbocycles. The number of nitrogens with zero attached hydrogens (tertiary/aromatic N) is 8. The van der Waals surface area contributed by atoms with E-state index in [9.17, 15) is 0 Å². The van der Waals surface area contributed by atoms with Crippen LogP contribution in [0.25, 0.3) is 17.2 Å².